The molecule has 0 bridgehead atoms. The van der Waals surface area contributed by atoms with Gasteiger partial charge >= 0.3 is 6.09 Å². The fourth-order valence-electron chi connectivity index (χ4n) is 2.55. The third kappa shape index (κ3) is 12.1. The topological polar surface area (TPSA) is 87.2 Å². The first-order chi connectivity index (χ1) is 14.4. The highest BCUT2D eigenvalue weighted by molar-refractivity contribution is 5.80. The highest BCUT2D eigenvalue weighted by Gasteiger charge is 2.24. The van der Waals surface area contributed by atoms with Gasteiger partial charge in [-0.25, -0.2) is 9.79 Å². The molecule has 0 saturated carbocycles. The van der Waals surface area contributed by atoms with Crippen molar-refractivity contribution in [1.29, 1.82) is 0 Å². The molecule has 1 aromatic rings. The molecule has 0 aromatic heterocycles. The molecule has 31 heavy (non-hydrogen) atoms. The van der Waals surface area contributed by atoms with Crippen molar-refractivity contribution in [3.05, 3.63) is 29.8 Å². The minimum Gasteiger partial charge on any atom is -0.492 e. The van der Waals surface area contributed by atoms with E-state index >= 15 is 0 Å². The summed E-state index contributed by atoms with van der Waals surface area (Å²) in [6, 6.07) is 7.94. The van der Waals surface area contributed by atoms with Gasteiger partial charge in [-0.1, -0.05) is 18.2 Å². The number of ether oxygens (including phenoxy) is 2. The Morgan fingerprint density at radius 1 is 1.10 bits per heavy atom. The van der Waals surface area contributed by atoms with Crippen molar-refractivity contribution >= 4 is 12.1 Å². The van der Waals surface area contributed by atoms with Crippen molar-refractivity contribution in [3.63, 3.8) is 0 Å². The van der Waals surface area contributed by atoms with Gasteiger partial charge in [-0.15, -0.1) is 0 Å². The van der Waals surface area contributed by atoms with Crippen molar-refractivity contribution in [2.24, 2.45) is 4.99 Å². The molecule has 0 fully saturated rings. The number of hydrogen-bond donors (Lipinski definition) is 3. The van der Waals surface area contributed by atoms with Gasteiger partial charge in [0.1, 0.15) is 18.0 Å². The molecule has 0 atom stereocenters. The van der Waals surface area contributed by atoms with Crippen LogP contribution in [0.5, 0.6) is 5.75 Å². The largest absolute Gasteiger partial charge is 0.492 e. The molecule has 1 aromatic carbocycles. The molecule has 0 saturated heterocycles. The molecular weight excluding hydrogens is 394 g/mol. The van der Waals surface area contributed by atoms with Crippen LogP contribution in [0.4, 0.5) is 4.79 Å². The van der Waals surface area contributed by atoms with Crippen molar-refractivity contribution in [2.45, 2.75) is 59.2 Å². The van der Waals surface area contributed by atoms with Crippen LogP contribution < -0.4 is 20.7 Å². The van der Waals surface area contributed by atoms with E-state index in [0.29, 0.717) is 25.7 Å². The van der Waals surface area contributed by atoms with E-state index in [0.717, 1.165) is 24.4 Å². The zero-order valence-electron chi connectivity index (χ0n) is 20.5. The van der Waals surface area contributed by atoms with Crippen molar-refractivity contribution in [2.75, 3.05) is 40.3 Å². The summed E-state index contributed by atoms with van der Waals surface area (Å²) in [4.78, 5) is 18.9. The summed E-state index contributed by atoms with van der Waals surface area (Å²) < 4.78 is 11.3. The van der Waals surface area contributed by atoms with E-state index in [9.17, 15) is 4.79 Å². The second-order valence-corrected chi connectivity index (χ2v) is 9.32. The summed E-state index contributed by atoms with van der Waals surface area (Å²) in [6.07, 6.45) is -0.440. The van der Waals surface area contributed by atoms with Crippen LogP contribution >= 0.6 is 0 Å². The van der Waals surface area contributed by atoms with E-state index in [1.54, 1.807) is 0 Å². The Bertz CT molecular complexity index is 711. The lowest BCUT2D eigenvalue weighted by Gasteiger charge is -2.29. The third-order valence-electron chi connectivity index (χ3n) is 4.06. The number of nitrogens with zero attached hydrogens (tertiary/aromatic N) is 2. The molecule has 0 spiro atoms. The maximum absolute atomic E-state index is 12.1. The number of likely N-dealkylation sites (N-methyl/N-ethyl adjacent to an activating group) is 1. The van der Waals surface area contributed by atoms with E-state index in [4.69, 9.17) is 9.47 Å². The van der Waals surface area contributed by atoms with Crippen molar-refractivity contribution in [3.8, 4) is 5.75 Å². The van der Waals surface area contributed by atoms with Gasteiger partial charge in [0.15, 0.2) is 5.96 Å². The van der Waals surface area contributed by atoms with Gasteiger partial charge in [0.25, 0.3) is 0 Å². The molecular formula is C23H41N5O3. The van der Waals surface area contributed by atoms with Gasteiger partial charge in [0, 0.05) is 25.2 Å². The van der Waals surface area contributed by atoms with Crippen LogP contribution in [-0.4, -0.2) is 68.4 Å². The fraction of sp³-hybridized carbons (Fsp3) is 0.652. The highest BCUT2D eigenvalue weighted by Crippen LogP contribution is 2.19. The van der Waals surface area contributed by atoms with Crippen molar-refractivity contribution in [1.82, 2.24) is 20.9 Å². The van der Waals surface area contributed by atoms with E-state index in [1.807, 2.05) is 79.9 Å². The average molecular weight is 436 g/mol. The first-order valence-electron chi connectivity index (χ1n) is 10.8. The predicted molar refractivity (Wildman–Crippen MR) is 127 cm³/mol. The number of carbonyl (C=O) groups is 1. The first kappa shape index (κ1) is 26.6. The molecule has 8 heteroatoms. The number of alkyl carbamates (subject to hydrolysis) is 1. The molecule has 0 aliphatic heterocycles. The van der Waals surface area contributed by atoms with Gasteiger partial charge < -0.3 is 30.3 Å². The van der Waals surface area contributed by atoms with E-state index in [1.165, 1.54) is 0 Å². The minimum absolute atomic E-state index is 0.440. The SMILES string of the molecule is CCNC(=NCc1ccccc1OCCN(C)C)NCC(C)(C)NC(=O)OC(C)(C)C. The number of aliphatic imine (C=N–C) groups is 1. The Kier molecular flexibility index (Phi) is 10.6. The third-order valence-corrected chi connectivity index (χ3v) is 4.06. The maximum Gasteiger partial charge on any atom is 0.408 e. The molecule has 0 aliphatic rings. The lowest BCUT2D eigenvalue weighted by molar-refractivity contribution is 0.0474. The number of para-hydroxylation sites is 1. The second kappa shape index (κ2) is 12.4. The van der Waals surface area contributed by atoms with Crippen LogP contribution in [0.25, 0.3) is 0 Å². The minimum atomic E-state index is -0.536. The Hall–Kier alpha value is -2.48. The molecule has 176 valence electrons. The van der Waals surface area contributed by atoms with Crippen LogP contribution in [0.3, 0.4) is 0 Å². The lowest BCUT2D eigenvalue weighted by atomic mass is 10.1. The van der Waals surface area contributed by atoms with Gasteiger partial charge in [-0.05, 0) is 61.7 Å². The number of benzene rings is 1. The van der Waals surface area contributed by atoms with Crippen LogP contribution in [-0.2, 0) is 11.3 Å². The average Bonchev–Trinajstić information content (AvgIpc) is 2.62. The molecule has 8 nitrogen and oxygen atoms in total. The Labute approximate surface area is 187 Å². The van der Waals surface area contributed by atoms with E-state index < -0.39 is 17.2 Å². The van der Waals surface area contributed by atoms with Gasteiger partial charge in [0.05, 0.1) is 12.1 Å². The fourth-order valence-corrected chi connectivity index (χ4v) is 2.55. The molecule has 1 rings (SSSR count). The van der Waals surface area contributed by atoms with Crippen LogP contribution in [0.2, 0.25) is 0 Å². The zero-order chi connectivity index (χ0) is 23.5. The summed E-state index contributed by atoms with van der Waals surface area (Å²) in [5, 5.41) is 9.44. The number of nitrogens with one attached hydrogen (secondary N) is 3. The Morgan fingerprint density at radius 3 is 2.39 bits per heavy atom. The first-order valence-corrected chi connectivity index (χ1v) is 10.8. The normalized spacial score (nSPS) is 12.5. The summed E-state index contributed by atoms with van der Waals surface area (Å²) >= 11 is 0. The maximum atomic E-state index is 12.1. The second-order valence-electron chi connectivity index (χ2n) is 9.32. The van der Waals surface area contributed by atoms with Crippen LogP contribution in [0, 0.1) is 0 Å². The van der Waals surface area contributed by atoms with Gasteiger partial charge in [-0.2, -0.15) is 0 Å². The number of hydrogen-bond acceptors (Lipinski definition) is 5. The zero-order valence-corrected chi connectivity index (χ0v) is 20.5. The van der Waals surface area contributed by atoms with E-state index in [-0.39, 0.29) is 0 Å². The summed E-state index contributed by atoms with van der Waals surface area (Å²) in [5.74, 6) is 1.51. The van der Waals surface area contributed by atoms with Crippen LogP contribution in [0.15, 0.2) is 29.3 Å². The molecule has 0 unspecified atom stereocenters. The van der Waals surface area contributed by atoms with Crippen molar-refractivity contribution < 1.29 is 14.3 Å². The lowest BCUT2D eigenvalue weighted by Crippen LogP contribution is -2.54. The molecule has 0 heterocycles. The Balaban J connectivity index is 2.72. The number of carbonyl (C=O) groups excluding carboxylic acids is 1. The number of guanidine groups is 1. The quantitative estimate of drug-likeness (QED) is 0.387. The summed E-state index contributed by atoms with van der Waals surface area (Å²) in [7, 11) is 4.04. The highest BCUT2D eigenvalue weighted by atomic mass is 16.6. The summed E-state index contributed by atoms with van der Waals surface area (Å²) in [5.41, 5.74) is -0.0397. The van der Waals surface area contributed by atoms with E-state index in [2.05, 4.69) is 25.8 Å². The predicted octanol–water partition coefficient (Wildman–Crippen LogP) is 2.99. The standard InChI is InChI=1S/C23H41N5O3/c1-9-24-20(26-17-23(5,6)27-21(29)31-22(2,3)4)25-16-18-12-10-11-13-19(18)30-15-14-28(7)8/h10-13H,9,14-17H2,1-8H3,(H,27,29)(H2,24,25,26). The molecule has 3 N–H and O–H groups in total. The van der Waals surface area contributed by atoms with Gasteiger partial charge in [-0.3, -0.25) is 0 Å². The monoisotopic (exact) mass is 435 g/mol. The Morgan fingerprint density at radius 2 is 1.77 bits per heavy atom. The van der Waals surface area contributed by atoms with Gasteiger partial charge in [0.2, 0.25) is 0 Å². The van der Waals surface area contributed by atoms with Crippen LogP contribution in [0.1, 0.15) is 47.1 Å². The molecule has 1 amide bonds. The smallest absolute Gasteiger partial charge is 0.408 e. The number of rotatable bonds is 10. The molecule has 0 radical (unpaired) electrons. The number of amides is 1. The molecule has 0 aliphatic carbocycles. The summed E-state index contributed by atoms with van der Waals surface area (Å²) in [6.45, 7) is 14.6.